The van der Waals surface area contributed by atoms with Crippen LogP contribution in [0.1, 0.15) is 11.1 Å². The molecule has 0 aromatic heterocycles. The second-order valence-electron chi connectivity index (χ2n) is 4.97. The van der Waals surface area contributed by atoms with Gasteiger partial charge < -0.3 is 23.4 Å². The molecule has 0 unspecified atom stereocenters. The topological polar surface area (TPSA) is 46.2 Å². The number of benzene rings is 2. The van der Waals surface area contributed by atoms with E-state index in [0.717, 1.165) is 22.6 Å². The van der Waals surface area contributed by atoms with Crippen LogP contribution in [0.3, 0.4) is 0 Å². The van der Waals surface area contributed by atoms with Crippen molar-refractivity contribution in [1.29, 1.82) is 0 Å². The number of ether oxygens (including phenoxy) is 4. The Morgan fingerprint density at radius 2 is 1.12 bits per heavy atom. The first kappa shape index (κ1) is 18.5. The lowest BCUT2D eigenvalue weighted by atomic mass is 10.2. The third-order valence-corrected chi connectivity index (χ3v) is 4.10. The maximum atomic E-state index is 5.81. The Morgan fingerprint density at radius 1 is 0.708 bits per heavy atom. The molecule has 5 nitrogen and oxygen atoms in total. The standard InChI is InChI=1S/C18H22O5Si/c1-19-16-8-4-14(5-9-16)12-22-18(24-21-3)23-13-15-6-10-17(20-2)11-7-15/h4-11,18H,12-13H2,1-3H3. The van der Waals surface area contributed by atoms with Crippen LogP contribution < -0.4 is 9.47 Å². The molecule has 0 spiro atoms. The minimum Gasteiger partial charge on any atom is -0.497 e. The number of rotatable bonds is 10. The normalized spacial score (nSPS) is 10.8. The number of hydrogen-bond acceptors (Lipinski definition) is 5. The zero-order chi connectivity index (χ0) is 17.2. The first-order chi connectivity index (χ1) is 11.7. The smallest absolute Gasteiger partial charge is 0.299 e. The van der Waals surface area contributed by atoms with E-state index in [1.54, 1.807) is 21.3 Å². The molecule has 24 heavy (non-hydrogen) atoms. The Bertz CT molecular complexity index is 534. The van der Waals surface area contributed by atoms with Gasteiger partial charge in [0.05, 0.1) is 27.4 Å². The monoisotopic (exact) mass is 346 g/mol. The van der Waals surface area contributed by atoms with Crippen LogP contribution in [0.15, 0.2) is 48.5 Å². The van der Waals surface area contributed by atoms with Gasteiger partial charge in [0.1, 0.15) is 11.5 Å². The van der Waals surface area contributed by atoms with Crippen molar-refractivity contribution >= 4 is 9.76 Å². The third-order valence-electron chi connectivity index (χ3n) is 3.33. The van der Waals surface area contributed by atoms with Gasteiger partial charge in [0.2, 0.25) is 0 Å². The van der Waals surface area contributed by atoms with Crippen molar-refractivity contribution in [3.63, 3.8) is 0 Å². The molecule has 0 saturated carbocycles. The van der Waals surface area contributed by atoms with E-state index in [2.05, 4.69) is 0 Å². The van der Waals surface area contributed by atoms with Crippen LogP contribution in [0, 0.1) is 0 Å². The average molecular weight is 346 g/mol. The third kappa shape index (κ3) is 5.97. The summed E-state index contributed by atoms with van der Waals surface area (Å²) in [6.45, 7) is 0.904. The van der Waals surface area contributed by atoms with Crippen LogP contribution in [0.25, 0.3) is 0 Å². The molecule has 0 atom stereocenters. The Morgan fingerprint density at radius 3 is 1.46 bits per heavy atom. The predicted molar refractivity (Wildman–Crippen MR) is 92.1 cm³/mol. The van der Waals surface area contributed by atoms with Gasteiger partial charge in [-0.1, -0.05) is 24.3 Å². The van der Waals surface area contributed by atoms with Gasteiger partial charge in [-0.25, -0.2) is 0 Å². The highest BCUT2D eigenvalue weighted by Crippen LogP contribution is 2.15. The van der Waals surface area contributed by atoms with Gasteiger partial charge in [0, 0.05) is 7.11 Å². The van der Waals surface area contributed by atoms with Crippen LogP contribution in [0.5, 0.6) is 11.5 Å². The minimum absolute atomic E-state index is 0.111. The molecule has 2 radical (unpaired) electrons. The summed E-state index contributed by atoms with van der Waals surface area (Å²) in [6, 6.07) is 15.5. The molecule has 0 aliphatic heterocycles. The average Bonchev–Trinajstić information content (AvgIpc) is 2.65. The maximum absolute atomic E-state index is 5.81. The zero-order valence-corrected chi connectivity index (χ0v) is 15.2. The summed E-state index contributed by atoms with van der Waals surface area (Å²) >= 11 is 0. The minimum atomic E-state index is -0.404. The summed E-state index contributed by atoms with van der Waals surface area (Å²) in [5.74, 6) is 1.24. The molecular formula is C18H22O5Si. The first-order valence-electron chi connectivity index (χ1n) is 7.52. The Hall–Kier alpha value is -1.86. The van der Waals surface area contributed by atoms with E-state index in [1.807, 2.05) is 48.5 Å². The fourth-order valence-electron chi connectivity index (χ4n) is 2.00. The molecule has 0 bridgehead atoms. The summed E-state index contributed by atoms with van der Waals surface area (Å²) in [6.07, 6.45) is 0. The molecule has 0 heterocycles. The lowest BCUT2D eigenvalue weighted by Crippen LogP contribution is -2.25. The summed E-state index contributed by atoms with van der Waals surface area (Å²) in [5.41, 5.74) is 2.10. The van der Waals surface area contributed by atoms with Gasteiger partial charge in [-0.15, -0.1) is 0 Å². The lowest BCUT2D eigenvalue weighted by molar-refractivity contribution is -0.111. The van der Waals surface area contributed by atoms with Gasteiger partial charge in [-0.3, -0.25) is 0 Å². The molecule has 2 aromatic carbocycles. The summed E-state index contributed by atoms with van der Waals surface area (Å²) < 4.78 is 27.1. The molecule has 0 fully saturated rings. The summed E-state index contributed by atoms with van der Waals surface area (Å²) in [7, 11) is 5.04. The molecule has 0 aliphatic rings. The van der Waals surface area contributed by atoms with Gasteiger partial charge >= 0.3 is 0 Å². The largest absolute Gasteiger partial charge is 0.497 e. The van der Waals surface area contributed by atoms with Gasteiger partial charge in [0.15, 0.2) is 5.91 Å². The predicted octanol–water partition coefficient (Wildman–Crippen LogP) is 2.99. The molecule has 0 amide bonds. The van der Waals surface area contributed by atoms with Crippen molar-refractivity contribution < 1.29 is 23.4 Å². The Balaban J connectivity index is 1.83. The summed E-state index contributed by atoms with van der Waals surface area (Å²) in [5, 5.41) is 0. The molecule has 2 aromatic rings. The van der Waals surface area contributed by atoms with E-state index >= 15 is 0 Å². The van der Waals surface area contributed by atoms with Crippen molar-refractivity contribution in [3.05, 3.63) is 59.7 Å². The van der Waals surface area contributed by atoms with Crippen LogP contribution in [0.4, 0.5) is 0 Å². The van der Waals surface area contributed by atoms with Crippen LogP contribution in [-0.4, -0.2) is 37.0 Å². The van der Waals surface area contributed by atoms with E-state index in [1.165, 1.54) is 0 Å². The Labute approximate surface area is 145 Å². The quantitative estimate of drug-likeness (QED) is 0.489. The second-order valence-corrected chi connectivity index (χ2v) is 6.09. The maximum Gasteiger partial charge on any atom is 0.299 e. The number of methoxy groups -OCH3 is 2. The lowest BCUT2D eigenvalue weighted by Gasteiger charge is -2.17. The fourth-order valence-corrected chi connectivity index (χ4v) is 2.49. The molecule has 6 heteroatoms. The molecule has 0 N–H and O–H groups in total. The van der Waals surface area contributed by atoms with Crippen molar-refractivity contribution in [3.8, 4) is 11.5 Å². The van der Waals surface area contributed by atoms with Crippen LogP contribution >= 0.6 is 0 Å². The van der Waals surface area contributed by atoms with Gasteiger partial charge in [0.25, 0.3) is 9.76 Å². The van der Waals surface area contributed by atoms with E-state index in [4.69, 9.17) is 23.4 Å². The highest BCUT2D eigenvalue weighted by Gasteiger charge is 2.12. The highest BCUT2D eigenvalue weighted by atomic mass is 28.2. The molecule has 128 valence electrons. The number of hydrogen-bond donors (Lipinski definition) is 0. The van der Waals surface area contributed by atoms with Crippen molar-refractivity contribution in [2.45, 2.75) is 19.1 Å². The summed E-state index contributed by atoms with van der Waals surface area (Å²) in [4.78, 5) is 0. The van der Waals surface area contributed by atoms with Gasteiger partial charge in [-0.05, 0) is 35.4 Å². The molecule has 0 saturated heterocycles. The van der Waals surface area contributed by atoms with E-state index < -0.39 is 5.91 Å². The van der Waals surface area contributed by atoms with Gasteiger partial charge in [-0.2, -0.15) is 0 Å². The molecular weight excluding hydrogens is 324 g/mol. The van der Waals surface area contributed by atoms with Crippen molar-refractivity contribution in [1.82, 2.24) is 0 Å². The first-order valence-corrected chi connectivity index (χ1v) is 8.51. The molecule has 0 aliphatic carbocycles. The van der Waals surface area contributed by atoms with E-state index in [9.17, 15) is 0 Å². The fraction of sp³-hybridized carbons (Fsp3) is 0.333. The highest BCUT2D eigenvalue weighted by molar-refractivity contribution is 6.28. The SMILES string of the molecule is CO[Si]C(OCc1ccc(OC)cc1)OCc1ccc(OC)cc1. The van der Waals surface area contributed by atoms with Crippen molar-refractivity contribution in [2.24, 2.45) is 0 Å². The second kappa shape index (κ2) is 10.1. The van der Waals surface area contributed by atoms with Crippen molar-refractivity contribution in [2.75, 3.05) is 21.3 Å². The van der Waals surface area contributed by atoms with E-state index in [-0.39, 0.29) is 9.76 Å². The zero-order valence-electron chi connectivity index (χ0n) is 14.2. The van der Waals surface area contributed by atoms with E-state index in [0.29, 0.717) is 13.2 Å². The van der Waals surface area contributed by atoms with Crippen LogP contribution in [-0.2, 0) is 27.1 Å². The van der Waals surface area contributed by atoms with Crippen LogP contribution in [0.2, 0.25) is 0 Å². The molecule has 2 rings (SSSR count). The Kier molecular flexibility index (Phi) is 7.77.